The van der Waals surface area contributed by atoms with Gasteiger partial charge in [0.05, 0.1) is 26.4 Å². The third-order valence-corrected chi connectivity index (χ3v) is 4.84. The molecule has 2 heterocycles. The van der Waals surface area contributed by atoms with Crippen LogP contribution < -0.4 is 0 Å². The average molecular weight is 327 g/mol. The number of amides is 1. The molecule has 2 saturated heterocycles. The van der Waals surface area contributed by atoms with Crippen LogP contribution in [0.15, 0.2) is 0 Å². The summed E-state index contributed by atoms with van der Waals surface area (Å²) in [5.74, 6) is 0.231. The number of hydrogen-bond donors (Lipinski definition) is 0. The molecule has 2 aliphatic heterocycles. The molecule has 0 aromatic carbocycles. The standard InChI is InChI=1S/C17H33N3O3/c1-18(2)17(21)15-16(20-9-13-23-14-10-20)5-3-4-6-19-7-11-22-12-8-19/h16H,3-15H2,1-2H3. The molecular weight excluding hydrogens is 294 g/mol. The Kier molecular flexibility index (Phi) is 8.30. The van der Waals surface area contributed by atoms with Crippen molar-refractivity contribution < 1.29 is 14.3 Å². The summed E-state index contributed by atoms with van der Waals surface area (Å²) >= 11 is 0. The molecule has 1 amide bonds. The Morgan fingerprint density at radius 1 is 1.00 bits per heavy atom. The topological polar surface area (TPSA) is 45.2 Å². The molecular formula is C17H33N3O3. The molecule has 2 rings (SSSR count). The van der Waals surface area contributed by atoms with E-state index >= 15 is 0 Å². The SMILES string of the molecule is CN(C)C(=O)CC(CCCCN1CCOCC1)N1CCOCC1. The van der Waals surface area contributed by atoms with Gasteiger partial charge in [0, 0.05) is 52.7 Å². The molecule has 0 aromatic rings. The quantitative estimate of drug-likeness (QED) is 0.613. The first kappa shape index (κ1) is 18.6. The number of ether oxygens (including phenoxy) is 2. The molecule has 0 N–H and O–H groups in total. The molecule has 0 radical (unpaired) electrons. The van der Waals surface area contributed by atoms with Gasteiger partial charge in [-0.15, -0.1) is 0 Å². The normalized spacial score (nSPS) is 22.0. The third kappa shape index (κ3) is 6.75. The second-order valence-corrected chi connectivity index (χ2v) is 6.74. The fourth-order valence-corrected chi connectivity index (χ4v) is 3.28. The van der Waals surface area contributed by atoms with Gasteiger partial charge in [-0.2, -0.15) is 0 Å². The van der Waals surface area contributed by atoms with Crippen molar-refractivity contribution in [3.05, 3.63) is 0 Å². The Labute approximate surface area is 140 Å². The molecule has 1 unspecified atom stereocenters. The van der Waals surface area contributed by atoms with Gasteiger partial charge in [-0.05, 0) is 19.4 Å². The number of unbranched alkanes of at least 4 members (excludes halogenated alkanes) is 1. The first-order valence-corrected chi connectivity index (χ1v) is 8.99. The van der Waals surface area contributed by atoms with Crippen molar-refractivity contribution in [3.8, 4) is 0 Å². The third-order valence-electron chi connectivity index (χ3n) is 4.84. The Morgan fingerprint density at radius 2 is 1.61 bits per heavy atom. The summed E-state index contributed by atoms with van der Waals surface area (Å²) in [5.41, 5.74) is 0. The maximum Gasteiger partial charge on any atom is 0.223 e. The van der Waals surface area contributed by atoms with E-state index in [4.69, 9.17) is 9.47 Å². The van der Waals surface area contributed by atoms with Crippen molar-refractivity contribution in [2.24, 2.45) is 0 Å². The summed E-state index contributed by atoms with van der Waals surface area (Å²) in [6.45, 7) is 8.50. The second-order valence-electron chi connectivity index (χ2n) is 6.74. The zero-order valence-electron chi connectivity index (χ0n) is 14.8. The van der Waals surface area contributed by atoms with E-state index in [1.807, 2.05) is 14.1 Å². The van der Waals surface area contributed by atoms with E-state index in [1.165, 1.54) is 12.8 Å². The van der Waals surface area contributed by atoms with Crippen LogP contribution in [0, 0.1) is 0 Å². The van der Waals surface area contributed by atoms with Crippen molar-refractivity contribution in [2.75, 3.05) is 73.2 Å². The molecule has 2 aliphatic rings. The van der Waals surface area contributed by atoms with Crippen LogP contribution in [-0.4, -0.2) is 99.9 Å². The minimum absolute atomic E-state index is 0.231. The Balaban J connectivity index is 1.73. The smallest absolute Gasteiger partial charge is 0.223 e. The molecule has 23 heavy (non-hydrogen) atoms. The fraction of sp³-hybridized carbons (Fsp3) is 0.941. The maximum atomic E-state index is 12.1. The summed E-state index contributed by atoms with van der Waals surface area (Å²) in [4.78, 5) is 18.8. The van der Waals surface area contributed by atoms with Gasteiger partial charge < -0.3 is 14.4 Å². The van der Waals surface area contributed by atoms with Gasteiger partial charge >= 0.3 is 0 Å². The van der Waals surface area contributed by atoms with Crippen LogP contribution in [0.25, 0.3) is 0 Å². The van der Waals surface area contributed by atoms with Crippen LogP contribution >= 0.6 is 0 Å². The average Bonchev–Trinajstić information content (AvgIpc) is 2.59. The number of nitrogens with zero attached hydrogens (tertiary/aromatic N) is 3. The molecule has 0 bridgehead atoms. The van der Waals surface area contributed by atoms with Crippen LogP contribution in [-0.2, 0) is 14.3 Å². The van der Waals surface area contributed by atoms with Gasteiger partial charge in [-0.25, -0.2) is 0 Å². The Bertz CT molecular complexity index is 340. The lowest BCUT2D eigenvalue weighted by molar-refractivity contribution is -0.130. The van der Waals surface area contributed by atoms with E-state index in [1.54, 1.807) is 4.90 Å². The lowest BCUT2D eigenvalue weighted by atomic mass is 10.0. The van der Waals surface area contributed by atoms with E-state index in [2.05, 4.69) is 9.80 Å². The predicted molar refractivity (Wildman–Crippen MR) is 90.6 cm³/mol. The number of hydrogen-bond acceptors (Lipinski definition) is 5. The van der Waals surface area contributed by atoms with Gasteiger partial charge in [0.25, 0.3) is 0 Å². The van der Waals surface area contributed by atoms with E-state index in [9.17, 15) is 4.79 Å². The lowest BCUT2D eigenvalue weighted by Gasteiger charge is -2.35. The molecule has 6 nitrogen and oxygen atoms in total. The first-order valence-electron chi connectivity index (χ1n) is 8.99. The molecule has 2 fully saturated rings. The van der Waals surface area contributed by atoms with Crippen LogP contribution in [0.4, 0.5) is 0 Å². The van der Waals surface area contributed by atoms with E-state index in [-0.39, 0.29) is 5.91 Å². The van der Waals surface area contributed by atoms with Crippen molar-refractivity contribution in [1.29, 1.82) is 0 Å². The second kappa shape index (κ2) is 10.2. The van der Waals surface area contributed by atoms with E-state index < -0.39 is 0 Å². The number of morpholine rings is 2. The summed E-state index contributed by atoms with van der Waals surface area (Å²) < 4.78 is 10.8. The molecule has 134 valence electrons. The highest BCUT2D eigenvalue weighted by Gasteiger charge is 2.24. The van der Waals surface area contributed by atoms with E-state index in [0.29, 0.717) is 12.5 Å². The van der Waals surface area contributed by atoms with Crippen molar-refractivity contribution >= 4 is 5.91 Å². The first-order chi connectivity index (χ1) is 11.2. The monoisotopic (exact) mass is 327 g/mol. The molecule has 0 spiro atoms. The number of carbonyl (C=O) groups excluding carboxylic acids is 1. The van der Waals surface area contributed by atoms with E-state index in [0.717, 1.165) is 65.6 Å². The minimum atomic E-state index is 0.231. The number of carbonyl (C=O) groups is 1. The Hall–Kier alpha value is -0.690. The highest BCUT2D eigenvalue weighted by molar-refractivity contribution is 5.76. The van der Waals surface area contributed by atoms with Crippen LogP contribution in [0.5, 0.6) is 0 Å². The zero-order valence-corrected chi connectivity index (χ0v) is 14.8. The van der Waals surface area contributed by atoms with Crippen molar-refractivity contribution in [1.82, 2.24) is 14.7 Å². The van der Waals surface area contributed by atoms with Gasteiger partial charge in [-0.3, -0.25) is 14.6 Å². The highest BCUT2D eigenvalue weighted by atomic mass is 16.5. The minimum Gasteiger partial charge on any atom is -0.379 e. The summed E-state index contributed by atoms with van der Waals surface area (Å²) in [5, 5.41) is 0. The van der Waals surface area contributed by atoms with Crippen molar-refractivity contribution in [3.63, 3.8) is 0 Å². The summed E-state index contributed by atoms with van der Waals surface area (Å²) in [6, 6.07) is 0.360. The van der Waals surface area contributed by atoms with Gasteiger partial charge in [0.1, 0.15) is 0 Å². The molecule has 0 saturated carbocycles. The summed E-state index contributed by atoms with van der Waals surface area (Å²) in [6.07, 6.45) is 4.12. The van der Waals surface area contributed by atoms with Crippen LogP contribution in [0.2, 0.25) is 0 Å². The number of rotatable bonds is 8. The van der Waals surface area contributed by atoms with Gasteiger partial charge in [-0.1, -0.05) is 6.42 Å². The molecule has 1 atom stereocenters. The lowest BCUT2D eigenvalue weighted by Crippen LogP contribution is -2.45. The van der Waals surface area contributed by atoms with Crippen molar-refractivity contribution in [2.45, 2.75) is 31.7 Å². The fourth-order valence-electron chi connectivity index (χ4n) is 3.28. The predicted octanol–water partition coefficient (Wildman–Crippen LogP) is 0.668. The van der Waals surface area contributed by atoms with Gasteiger partial charge in [0.15, 0.2) is 0 Å². The largest absolute Gasteiger partial charge is 0.379 e. The molecule has 0 aliphatic carbocycles. The zero-order chi connectivity index (χ0) is 16.5. The highest BCUT2D eigenvalue weighted by Crippen LogP contribution is 2.16. The maximum absolute atomic E-state index is 12.1. The Morgan fingerprint density at radius 3 is 2.22 bits per heavy atom. The van der Waals surface area contributed by atoms with Crippen LogP contribution in [0.1, 0.15) is 25.7 Å². The van der Waals surface area contributed by atoms with Crippen LogP contribution in [0.3, 0.4) is 0 Å². The van der Waals surface area contributed by atoms with Gasteiger partial charge in [0.2, 0.25) is 5.91 Å². The molecule has 0 aromatic heterocycles. The summed E-state index contributed by atoms with van der Waals surface area (Å²) in [7, 11) is 3.69. The molecule has 6 heteroatoms.